The van der Waals surface area contributed by atoms with E-state index in [-0.39, 0.29) is 11.9 Å². The van der Waals surface area contributed by atoms with Gasteiger partial charge in [-0.1, -0.05) is 0 Å². The molecule has 2 unspecified atom stereocenters. The number of nitrogens with two attached hydrogens (primary N) is 1. The fourth-order valence-corrected chi connectivity index (χ4v) is 1.24. The lowest BCUT2D eigenvalue weighted by Crippen LogP contribution is -2.41. The molecule has 0 bridgehead atoms. The van der Waals surface area contributed by atoms with E-state index in [2.05, 4.69) is 5.43 Å². The predicted octanol–water partition coefficient (Wildman–Crippen LogP) is -1.31. The highest BCUT2D eigenvalue weighted by molar-refractivity contribution is 5.75. The van der Waals surface area contributed by atoms with Crippen LogP contribution in [-0.2, 0) is 9.53 Å². The summed E-state index contributed by atoms with van der Waals surface area (Å²) in [6.45, 7) is 2.65. The van der Waals surface area contributed by atoms with E-state index in [4.69, 9.17) is 10.6 Å². The summed E-state index contributed by atoms with van der Waals surface area (Å²) in [4.78, 5) is 12.9. The summed E-state index contributed by atoms with van der Waals surface area (Å²) in [5.74, 6) is 4.77. The average Bonchev–Trinajstić information content (AvgIpc) is 2.17. The van der Waals surface area contributed by atoms with E-state index >= 15 is 0 Å². The van der Waals surface area contributed by atoms with Crippen molar-refractivity contribution in [1.82, 2.24) is 10.3 Å². The van der Waals surface area contributed by atoms with Gasteiger partial charge in [-0.2, -0.15) is 0 Å². The van der Waals surface area contributed by atoms with Crippen LogP contribution in [0.15, 0.2) is 0 Å². The Labute approximate surface area is 90.3 Å². The molecule has 2 atom stereocenters. The number of carbonyl (C=O) groups is 1. The lowest BCUT2D eigenvalue weighted by Gasteiger charge is -2.26. The first kappa shape index (κ1) is 14.3. The van der Waals surface area contributed by atoms with Crippen LogP contribution in [0, 0.1) is 0 Å². The number of aliphatic hydroxyl groups excluding tert-OH is 1. The number of hydrogen-bond acceptors (Lipinski definition) is 5. The molecule has 6 heteroatoms. The van der Waals surface area contributed by atoms with Gasteiger partial charge in [0, 0.05) is 26.1 Å². The van der Waals surface area contributed by atoms with Gasteiger partial charge in [-0.3, -0.25) is 10.2 Å². The maximum Gasteiger partial charge on any atom is 0.235 e. The van der Waals surface area contributed by atoms with E-state index in [1.165, 1.54) is 7.11 Å². The molecule has 0 fully saturated rings. The van der Waals surface area contributed by atoms with Crippen LogP contribution in [0.2, 0.25) is 0 Å². The maximum absolute atomic E-state index is 11.0. The van der Waals surface area contributed by atoms with Gasteiger partial charge >= 0.3 is 0 Å². The summed E-state index contributed by atoms with van der Waals surface area (Å²) in [6, 6.07) is 0.0278. The molecule has 0 spiro atoms. The minimum absolute atomic E-state index is 0.0278. The number of likely N-dealkylation sites (N-methyl/N-ethyl adjacent to an activating group) is 1. The molecular weight excluding hydrogens is 198 g/mol. The van der Waals surface area contributed by atoms with Crippen LogP contribution in [0.1, 0.15) is 13.3 Å². The molecule has 0 rings (SSSR count). The van der Waals surface area contributed by atoms with Crippen molar-refractivity contribution in [1.29, 1.82) is 0 Å². The maximum atomic E-state index is 11.0. The second kappa shape index (κ2) is 7.58. The molecule has 0 aliphatic carbocycles. The quantitative estimate of drug-likeness (QED) is 0.281. The third-order valence-electron chi connectivity index (χ3n) is 2.25. The van der Waals surface area contributed by atoms with Crippen molar-refractivity contribution >= 4 is 5.91 Å². The predicted molar refractivity (Wildman–Crippen MR) is 56.9 cm³/mol. The fraction of sp³-hybridized carbons (Fsp3) is 0.889. The molecule has 0 aliphatic heterocycles. The van der Waals surface area contributed by atoms with Crippen molar-refractivity contribution in [3.8, 4) is 0 Å². The standard InChI is InChI=1S/C9H21N3O3/c1-7(4-9(14)11-10)12(2)5-8(13)6-15-3/h7-8,13H,4-6,10H2,1-3H3,(H,11,14). The second-order valence-corrected chi connectivity index (χ2v) is 3.67. The third-order valence-corrected chi connectivity index (χ3v) is 2.25. The van der Waals surface area contributed by atoms with Gasteiger partial charge in [-0.15, -0.1) is 0 Å². The number of carbonyl (C=O) groups excluding carboxylic acids is 1. The Morgan fingerprint density at radius 3 is 2.73 bits per heavy atom. The molecule has 4 N–H and O–H groups in total. The number of nitrogens with zero attached hydrogens (tertiary/aromatic N) is 1. The number of methoxy groups -OCH3 is 1. The smallest absolute Gasteiger partial charge is 0.235 e. The van der Waals surface area contributed by atoms with Crippen molar-refractivity contribution < 1.29 is 14.6 Å². The summed E-state index contributed by atoms with van der Waals surface area (Å²) in [6.07, 6.45) is -0.226. The van der Waals surface area contributed by atoms with Crippen molar-refractivity contribution in [2.75, 3.05) is 27.3 Å². The molecule has 0 aromatic carbocycles. The first-order valence-corrected chi connectivity index (χ1v) is 4.88. The summed E-state index contributed by atoms with van der Waals surface area (Å²) in [7, 11) is 3.38. The molecule has 0 heterocycles. The number of rotatable bonds is 7. The second-order valence-electron chi connectivity index (χ2n) is 3.67. The minimum atomic E-state index is -0.539. The lowest BCUT2D eigenvalue weighted by atomic mass is 10.2. The molecule has 15 heavy (non-hydrogen) atoms. The van der Waals surface area contributed by atoms with Gasteiger partial charge in [0.25, 0.3) is 0 Å². The molecule has 1 amide bonds. The lowest BCUT2D eigenvalue weighted by molar-refractivity contribution is -0.122. The molecule has 0 radical (unpaired) electrons. The van der Waals surface area contributed by atoms with Gasteiger partial charge in [0.2, 0.25) is 5.91 Å². The highest BCUT2D eigenvalue weighted by Crippen LogP contribution is 2.02. The number of hydrogen-bond donors (Lipinski definition) is 3. The summed E-state index contributed by atoms with van der Waals surface area (Å²) < 4.78 is 4.81. The van der Waals surface area contributed by atoms with E-state index in [0.717, 1.165) is 0 Å². The summed E-state index contributed by atoms with van der Waals surface area (Å²) in [5, 5.41) is 9.47. The highest BCUT2D eigenvalue weighted by Gasteiger charge is 2.16. The molecule has 6 nitrogen and oxygen atoms in total. The Hall–Kier alpha value is -0.690. The Morgan fingerprint density at radius 1 is 1.67 bits per heavy atom. The van der Waals surface area contributed by atoms with E-state index in [1.54, 1.807) is 0 Å². The summed E-state index contributed by atoms with van der Waals surface area (Å²) in [5.41, 5.74) is 2.08. The summed E-state index contributed by atoms with van der Waals surface area (Å²) >= 11 is 0. The molecule has 0 saturated carbocycles. The number of ether oxygens (including phenoxy) is 1. The van der Waals surface area contributed by atoms with E-state index in [9.17, 15) is 9.90 Å². The molecule has 90 valence electrons. The van der Waals surface area contributed by atoms with Crippen LogP contribution >= 0.6 is 0 Å². The van der Waals surface area contributed by atoms with Gasteiger partial charge in [0.1, 0.15) is 0 Å². The van der Waals surface area contributed by atoms with Gasteiger partial charge in [0.15, 0.2) is 0 Å². The van der Waals surface area contributed by atoms with E-state index < -0.39 is 6.10 Å². The SMILES string of the molecule is COCC(O)CN(C)C(C)CC(=O)NN. The molecule has 0 aromatic heterocycles. The molecule has 0 aromatic rings. The fourth-order valence-electron chi connectivity index (χ4n) is 1.24. The van der Waals surface area contributed by atoms with Crippen LogP contribution in [0.25, 0.3) is 0 Å². The molecule has 0 saturated heterocycles. The highest BCUT2D eigenvalue weighted by atomic mass is 16.5. The Kier molecular flexibility index (Phi) is 7.23. The number of amides is 1. The van der Waals surface area contributed by atoms with E-state index in [0.29, 0.717) is 19.6 Å². The number of hydrazine groups is 1. The zero-order valence-corrected chi connectivity index (χ0v) is 9.56. The first-order valence-electron chi connectivity index (χ1n) is 4.88. The Morgan fingerprint density at radius 2 is 2.27 bits per heavy atom. The van der Waals surface area contributed by atoms with Crippen LogP contribution in [0.5, 0.6) is 0 Å². The van der Waals surface area contributed by atoms with Crippen molar-refractivity contribution in [3.63, 3.8) is 0 Å². The third kappa shape index (κ3) is 6.40. The Balaban J connectivity index is 3.87. The van der Waals surface area contributed by atoms with Crippen molar-refractivity contribution in [2.45, 2.75) is 25.5 Å². The first-order chi connectivity index (χ1) is 7.01. The van der Waals surface area contributed by atoms with Crippen LogP contribution in [0.4, 0.5) is 0 Å². The normalized spacial score (nSPS) is 15.1. The van der Waals surface area contributed by atoms with Crippen molar-refractivity contribution in [3.05, 3.63) is 0 Å². The molecule has 0 aliphatic rings. The van der Waals surface area contributed by atoms with Gasteiger partial charge in [0.05, 0.1) is 12.7 Å². The zero-order valence-electron chi connectivity index (χ0n) is 9.56. The van der Waals surface area contributed by atoms with Gasteiger partial charge in [-0.25, -0.2) is 5.84 Å². The van der Waals surface area contributed by atoms with Gasteiger partial charge < -0.3 is 14.7 Å². The van der Waals surface area contributed by atoms with Crippen LogP contribution in [0.3, 0.4) is 0 Å². The number of aliphatic hydroxyl groups is 1. The average molecular weight is 219 g/mol. The number of nitrogens with one attached hydrogen (secondary N) is 1. The van der Waals surface area contributed by atoms with Crippen LogP contribution < -0.4 is 11.3 Å². The van der Waals surface area contributed by atoms with Gasteiger partial charge in [-0.05, 0) is 14.0 Å². The minimum Gasteiger partial charge on any atom is -0.389 e. The largest absolute Gasteiger partial charge is 0.389 e. The van der Waals surface area contributed by atoms with Crippen LogP contribution in [-0.4, -0.2) is 55.4 Å². The zero-order chi connectivity index (χ0) is 11.8. The monoisotopic (exact) mass is 219 g/mol. The van der Waals surface area contributed by atoms with Crippen molar-refractivity contribution in [2.24, 2.45) is 5.84 Å². The van der Waals surface area contributed by atoms with E-state index in [1.807, 2.05) is 18.9 Å². The Bertz CT molecular complexity index is 189. The molecular formula is C9H21N3O3. The topological polar surface area (TPSA) is 87.8 Å².